The molecular weight excluding hydrogens is 226 g/mol. The zero-order valence-electron chi connectivity index (χ0n) is 8.76. The monoisotopic (exact) mass is 239 g/mol. The van der Waals surface area contributed by atoms with Gasteiger partial charge in [-0.05, 0) is 32.0 Å². The quantitative estimate of drug-likeness (QED) is 0.644. The van der Waals surface area contributed by atoms with Crippen molar-refractivity contribution < 1.29 is 4.92 Å². The largest absolute Gasteiger partial charge is 0.317 e. The molecule has 0 aliphatic carbocycles. The van der Waals surface area contributed by atoms with Gasteiger partial charge in [-0.2, -0.15) is 0 Å². The predicted octanol–water partition coefficient (Wildman–Crippen LogP) is 1.83. The summed E-state index contributed by atoms with van der Waals surface area (Å²) in [5.41, 5.74) is 0.117. The molecule has 16 heavy (non-hydrogen) atoms. The Hall–Kier alpha value is -1.14. The SMILES string of the molecule is O=[N+]([O-])c1cnccc1SC1CCNCC1. The molecule has 0 radical (unpaired) electrons. The minimum absolute atomic E-state index is 0.117. The van der Waals surface area contributed by atoms with E-state index in [9.17, 15) is 10.1 Å². The average Bonchev–Trinajstić information content (AvgIpc) is 2.31. The number of pyridine rings is 1. The molecule has 6 heteroatoms. The Morgan fingerprint density at radius 1 is 1.50 bits per heavy atom. The highest BCUT2D eigenvalue weighted by Gasteiger charge is 2.20. The van der Waals surface area contributed by atoms with E-state index >= 15 is 0 Å². The first-order valence-electron chi connectivity index (χ1n) is 5.23. The van der Waals surface area contributed by atoms with E-state index in [2.05, 4.69) is 10.3 Å². The summed E-state index contributed by atoms with van der Waals surface area (Å²) in [5.74, 6) is 0. The van der Waals surface area contributed by atoms with Gasteiger partial charge in [0, 0.05) is 11.4 Å². The van der Waals surface area contributed by atoms with Crippen LogP contribution in [0, 0.1) is 10.1 Å². The molecule has 1 aromatic heterocycles. The van der Waals surface area contributed by atoms with Crippen molar-refractivity contribution in [1.82, 2.24) is 10.3 Å². The summed E-state index contributed by atoms with van der Waals surface area (Å²) < 4.78 is 0. The molecule has 1 aromatic rings. The molecule has 1 saturated heterocycles. The summed E-state index contributed by atoms with van der Waals surface area (Å²) in [6.07, 6.45) is 5.05. The Morgan fingerprint density at radius 3 is 2.94 bits per heavy atom. The third-order valence-corrected chi connectivity index (χ3v) is 3.94. The van der Waals surface area contributed by atoms with Crippen LogP contribution in [0.3, 0.4) is 0 Å². The first-order chi connectivity index (χ1) is 7.77. The molecule has 2 heterocycles. The molecule has 86 valence electrons. The molecule has 0 aromatic carbocycles. The number of nitro groups is 1. The average molecular weight is 239 g/mol. The van der Waals surface area contributed by atoms with Gasteiger partial charge in [0.25, 0.3) is 0 Å². The standard InChI is InChI=1S/C10H13N3O2S/c14-13(15)9-7-12-6-3-10(9)16-8-1-4-11-5-2-8/h3,6-8,11H,1-2,4-5H2. The van der Waals surface area contributed by atoms with Gasteiger partial charge >= 0.3 is 5.69 Å². The summed E-state index contributed by atoms with van der Waals surface area (Å²) in [7, 11) is 0. The number of aromatic nitrogens is 1. The van der Waals surface area contributed by atoms with Gasteiger partial charge in [-0.3, -0.25) is 15.1 Å². The number of thioether (sulfide) groups is 1. The Bertz CT molecular complexity index is 380. The molecule has 0 unspecified atom stereocenters. The summed E-state index contributed by atoms with van der Waals surface area (Å²) in [4.78, 5) is 15.0. The van der Waals surface area contributed by atoms with E-state index in [0.29, 0.717) is 5.25 Å². The summed E-state index contributed by atoms with van der Waals surface area (Å²) in [6, 6.07) is 1.73. The second-order valence-electron chi connectivity index (χ2n) is 3.67. The smallest absolute Gasteiger partial charge is 0.300 e. The highest BCUT2D eigenvalue weighted by atomic mass is 32.2. The van der Waals surface area contributed by atoms with Crippen molar-refractivity contribution in [3.05, 3.63) is 28.6 Å². The van der Waals surface area contributed by atoms with Gasteiger partial charge < -0.3 is 5.32 Å². The van der Waals surface area contributed by atoms with E-state index < -0.39 is 0 Å². The topological polar surface area (TPSA) is 68.1 Å². The molecule has 5 nitrogen and oxygen atoms in total. The van der Waals surface area contributed by atoms with Crippen molar-refractivity contribution in [3.8, 4) is 0 Å². The Morgan fingerprint density at radius 2 is 2.25 bits per heavy atom. The molecule has 1 fully saturated rings. The Kier molecular flexibility index (Phi) is 3.74. The highest BCUT2D eigenvalue weighted by Crippen LogP contribution is 2.34. The lowest BCUT2D eigenvalue weighted by Crippen LogP contribution is -2.29. The number of hydrogen-bond donors (Lipinski definition) is 1. The van der Waals surface area contributed by atoms with Crippen LogP contribution < -0.4 is 5.32 Å². The van der Waals surface area contributed by atoms with Gasteiger partial charge in [0.05, 0.1) is 9.82 Å². The first-order valence-corrected chi connectivity index (χ1v) is 6.11. The van der Waals surface area contributed by atoms with Gasteiger partial charge in [-0.25, -0.2) is 0 Å². The maximum absolute atomic E-state index is 10.8. The van der Waals surface area contributed by atoms with Gasteiger partial charge in [0.2, 0.25) is 0 Å². The van der Waals surface area contributed by atoms with Crippen LogP contribution in [0.2, 0.25) is 0 Å². The predicted molar refractivity (Wildman–Crippen MR) is 62.6 cm³/mol. The molecule has 0 amide bonds. The fourth-order valence-corrected chi connectivity index (χ4v) is 2.92. The Labute approximate surface area is 97.8 Å². The molecule has 2 rings (SSSR count). The Balaban J connectivity index is 2.10. The van der Waals surface area contributed by atoms with Crippen molar-refractivity contribution in [2.24, 2.45) is 0 Å². The molecule has 1 N–H and O–H groups in total. The molecule has 0 saturated carbocycles. The number of hydrogen-bond acceptors (Lipinski definition) is 5. The van der Waals surface area contributed by atoms with Crippen LogP contribution in [0.1, 0.15) is 12.8 Å². The van der Waals surface area contributed by atoms with Gasteiger partial charge in [-0.1, -0.05) is 0 Å². The fourth-order valence-electron chi connectivity index (χ4n) is 1.70. The summed E-state index contributed by atoms with van der Waals surface area (Å²) in [6.45, 7) is 1.99. The van der Waals surface area contributed by atoms with Crippen molar-refractivity contribution in [2.75, 3.05) is 13.1 Å². The second-order valence-corrected chi connectivity index (χ2v) is 5.01. The fraction of sp³-hybridized carbons (Fsp3) is 0.500. The molecular formula is C10H13N3O2S. The highest BCUT2D eigenvalue weighted by molar-refractivity contribution is 8.00. The van der Waals surface area contributed by atoms with Crippen LogP contribution in [-0.2, 0) is 0 Å². The minimum atomic E-state index is -0.365. The van der Waals surface area contributed by atoms with E-state index in [0.717, 1.165) is 30.8 Å². The molecule has 1 aliphatic rings. The summed E-state index contributed by atoms with van der Waals surface area (Å²) in [5, 5.41) is 14.6. The van der Waals surface area contributed by atoms with Gasteiger partial charge in [0.15, 0.2) is 0 Å². The van der Waals surface area contributed by atoms with E-state index in [1.165, 1.54) is 6.20 Å². The molecule has 0 atom stereocenters. The van der Waals surface area contributed by atoms with Crippen LogP contribution >= 0.6 is 11.8 Å². The van der Waals surface area contributed by atoms with E-state index in [-0.39, 0.29) is 10.6 Å². The van der Waals surface area contributed by atoms with Crippen LogP contribution in [0.25, 0.3) is 0 Å². The van der Waals surface area contributed by atoms with Gasteiger partial charge in [-0.15, -0.1) is 11.8 Å². The normalized spacial score (nSPS) is 17.2. The molecule has 1 aliphatic heterocycles. The summed E-state index contributed by atoms with van der Waals surface area (Å²) >= 11 is 1.60. The van der Waals surface area contributed by atoms with Crippen molar-refractivity contribution in [1.29, 1.82) is 0 Å². The zero-order valence-corrected chi connectivity index (χ0v) is 9.57. The zero-order chi connectivity index (χ0) is 11.4. The second kappa shape index (κ2) is 5.27. The third kappa shape index (κ3) is 2.70. The number of nitrogens with zero attached hydrogens (tertiary/aromatic N) is 2. The minimum Gasteiger partial charge on any atom is -0.317 e. The maximum Gasteiger partial charge on any atom is 0.300 e. The lowest BCUT2D eigenvalue weighted by molar-refractivity contribution is -0.388. The van der Waals surface area contributed by atoms with Crippen molar-refractivity contribution >= 4 is 17.4 Å². The van der Waals surface area contributed by atoms with E-state index in [1.54, 1.807) is 24.0 Å². The maximum atomic E-state index is 10.8. The van der Waals surface area contributed by atoms with Crippen LogP contribution in [0.4, 0.5) is 5.69 Å². The number of nitrogens with one attached hydrogen (secondary N) is 1. The van der Waals surface area contributed by atoms with Crippen molar-refractivity contribution in [3.63, 3.8) is 0 Å². The number of rotatable bonds is 3. The van der Waals surface area contributed by atoms with E-state index in [4.69, 9.17) is 0 Å². The number of piperidine rings is 1. The molecule has 0 bridgehead atoms. The van der Waals surface area contributed by atoms with Crippen LogP contribution in [0.5, 0.6) is 0 Å². The van der Waals surface area contributed by atoms with Gasteiger partial charge in [0.1, 0.15) is 6.20 Å². The van der Waals surface area contributed by atoms with Crippen LogP contribution in [-0.4, -0.2) is 28.2 Å². The van der Waals surface area contributed by atoms with Crippen LogP contribution in [0.15, 0.2) is 23.4 Å². The lowest BCUT2D eigenvalue weighted by atomic mass is 10.2. The first kappa shape index (κ1) is 11.3. The van der Waals surface area contributed by atoms with Crippen molar-refractivity contribution in [2.45, 2.75) is 23.0 Å². The molecule has 0 spiro atoms. The third-order valence-electron chi connectivity index (χ3n) is 2.54. The van der Waals surface area contributed by atoms with E-state index in [1.807, 2.05) is 0 Å². The lowest BCUT2D eigenvalue weighted by Gasteiger charge is -2.21.